The Bertz CT molecular complexity index is 383. The van der Waals surface area contributed by atoms with Crippen LogP contribution in [-0.4, -0.2) is 60.9 Å². The number of carbonyl (C=O) groups is 2. The summed E-state index contributed by atoms with van der Waals surface area (Å²) in [5.74, 6) is 0.796. The summed E-state index contributed by atoms with van der Waals surface area (Å²) in [5.41, 5.74) is 0.235. The second-order valence-corrected chi connectivity index (χ2v) is 7.34. The smallest absolute Gasteiger partial charge is 0.242 e. The summed E-state index contributed by atoms with van der Waals surface area (Å²) in [6, 6.07) is 0. The third-order valence-corrected chi connectivity index (χ3v) is 4.83. The molecule has 2 saturated heterocycles. The standard InChI is InChI=1S/C16H29N3O2/c1-16(2,3)13-4-5-14(20)19(9-6-13)12-15(21)18-10-7-17-8-11-18/h13,17H,4-12H2,1-3H3. The highest BCUT2D eigenvalue weighted by Gasteiger charge is 2.31. The molecule has 0 bridgehead atoms. The number of piperazine rings is 1. The van der Waals surface area contributed by atoms with Gasteiger partial charge in [0.25, 0.3) is 0 Å². The molecule has 120 valence electrons. The number of carbonyl (C=O) groups excluding carboxylic acids is 2. The molecule has 2 aliphatic heterocycles. The van der Waals surface area contributed by atoms with Crippen molar-refractivity contribution in [3.63, 3.8) is 0 Å². The minimum absolute atomic E-state index is 0.0964. The molecule has 2 rings (SSSR count). The van der Waals surface area contributed by atoms with Crippen LogP contribution < -0.4 is 5.32 Å². The summed E-state index contributed by atoms with van der Waals surface area (Å²) in [4.78, 5) is 28.2. The number of rotatable bonds is 2. The van der Waals surface area contributed by atoms with Crippen molar-refractivity contribution in [2.75, 3.05) is 39.3 Å². The summed E-state index contributed by atoms with van der Waals surface area (Å²) in [7, 11) is 0. The van der Waals surface area contributed by atoms with Crippen molar-refractivity contribution in [1.29, 1.82) is 0 Å². The molecule has 0 aromatic rings. The molecular weight excluding hydrogens is 266 g/mol. The Morgan fingerprint density at radius 2 is 1.86 bits per heavy atom. The highest BCUT2D eigenvalue weighted by molar-refractivity contribution is 5.85. The fourth-order valence-electron chi connectivity index (χ4n) is 3.25. The van der Waals surface area contributed by atoms with E-state index in [9.17, 15) is 9.59 Å². The van der Waals surface area contributed by atoms with Gasteiger partial charge in [0.05, 0.1) is 6.54 Å². The van der Waals surface area contributed by atoms with E-state index in [1.165, 1.54) is 0 Å². The van der Waals surface area contributed by atoms with Crippen LogP contribution in [0.15, 0.2) is 0 Å². The average Bonchev–Trinajstić information content (AvgIpc) is 2.62. The first-order valence-electron chi connectivity index (χ1n) is 8.14. The molecular formula is C16H29N3O2. The number of likely N-dealkylation sites (tertiary alicyclic amines) is 1. The van der Waals surface area contributed by atoms with Crippen LogP contribution in [0.5, 0.6) is 0 Å². The van der Waals surface area contributed by atoms with Crippen LogP contribution in [0.4, 0.5) is 0 Å². The van der Waals surface area contributed by atoms with Gasteiger partial charge in [0, 0.05) is 39.1 Å². The number of amides is 2. The zero-order valence-electron chi connectivity index (χ0n) is 13.7. The predicted octanol–water partition coefficient (Wildman–Crippen LogP) is 1.09. The van der Waals surface area contributed by atoms with Gasteiger partial charge < -0.3 is 15.1 Å². The van der Waals surface area contributed by atoms with Gasteiger partial charge in [0.15, 0.2) is 0 Å². The van der Waals surface area contributed by atoms with Gasteiger partial charge in [-0.05, 0) is 24.2 Å². The molecule has 0 spiro atoms. The molecule has 2 amide bonds. The third kappa shape index (κ3) is 4.43. The monoisotopic (exact) mass is 295 g/mol. The minimum Gasteiger partial charge on any atom is -0.339 e. The van der Waals surface area contributed by atoms with Crippen molar-refractivity contribution in [3.05, 3.63) is 0 Å². The summed E-state index contributed by atoms with van der Waals surface area (Å²) in [5, 5.41) is 3.24. The van der Waals surface area contributed by atoms with E-state index in [4.69, 9.17) is 0 Å². The van der Waals surface area contributed by atoms with Crippen LogP contribution >= 0.6 is 0 Å². The molecule has 2 aliphatic rings. The van der Waals surface area contributed by atoms with Gasteiger partial charge in [-0.2, -0.15) is 0 Å². The quantitative estimate of drug-likeness (QED) is 0.830. The lowest BCUT2D eigenvalue weighted by Crippen LogP contribution is -2.50. The zero-order chi connectivity index (χ0) is 15.5. The van der Waals surface area contributed by atoms with Crippen LogP contribution in [-0.2, 0) is 9.59 Å². The van der Waals surface area contributed by atoms with Crippen LogP contribution in [0.1, 0.15) is 40.0 Å². The maximum Gasteiger partial charge on any atom is 0.242 e. The second-order valence-electron chi connectivity index (χ2n) is 7.34. The average molecular weight is 295 g/mol. The first-order valence-corrected chi connectivity index (χ1v) is 8.14. The van der Waals surface area contributed by atoms with Crippen molar-refractivity contribution in [3.8, 4) is 0 Å². The van der Waals surface area contributed by atoms with E-state index in [1.807, 2.05) is 4.90 Å². The lowest BCUT2D eigenvalue weighted by Gasteiger charge is -2.31. The normalized spacial score (nSPS) is 24.9. The van der Waals surface area contributed by atoms with Gasteiger partial charge in [-0.25, -0.2) is 0 Å². The van der Waals surface area contributed by atoms with Gasteiger partial charge >= 0.3 is 0 Å². The lowest BCUT2D eigenvalue weighted by atomic mass is 9.77. The van der Waals surface area contributed by atoms with Crippen LogP contribution in [0.25, 0.3) is 0 Å². The molecule has 1 unspecified atom stereocenters. The first-order chi connectivity index (χ1) is 9.88. The van der Waals surface area contributed by atoms with Crippen LogP contribution in [0, 0.1) is 11.3 Å². The van der Waals surface area contributed by atoms with Crippen molar-refractivity contribution in [2.24, 2.45) is 11.3 Å². The summed E-state index contributed by atoms with van der Waals surface area (Å²) < 4.78 is 0. The van der Waals surface area contributed by atoms with Crippen molar-refractivity contribution < 1.29 is 9.59 Å². The first kappa shape index (κ1) is 16.3. The Morgan fingerprint density at radius 1 is 1.19 bits per heavy atom. The molecule has 5 heteroatoms. The van der Waals surface area contributed by atoms with Gasteiger partial charge in [-0.15, -0.1) is 0 Å². The maximum atomic E-state index is 12.3. The molecule has 21 heavy (non-hydrogen) atoms. The van der Waals surface area contributed by atoms with E-state index in [0.717, 1.165) is 45.6 Å². The largest absolute Gasteiger partial charge is 0.339 e. The topological polar surface area (TPSA) is 52.7 Å². The molecule has 1 N–H and O–H groups in total. The number of hydrogen-bond acceptors (Lipinski definition) is 3. The Labute approximate surface area is 128 Å². The fraction of sp³-hybridized carbons (Fsp3) is 0.875. The molecule has 0 radical (unpaired) electrons. The zero-order valence-corrected chi connectivity index (χ0v) is 13.7. The molecule has 2 heterocycles. The Hall–Kier alpha value is -1.10. The van der Waals surface area contributed by atoms with E-state index in [1.54, 1.807) is 4.90 Å². The SMILES string of the molecule is CC(C)(C)C1CCC(=O)N(CC(=O)N2CCNCC2)CC1. The van der Waals surface area contributed by atoms with E-state index in [0.29, 0.717) is 12.3 Å². The van der Waals surface area contributed by atoms with Gasteiger partial charge in [0.1, 0.15) is 0 Å². The molecule has 0 aliphatic carbocycles. The number of nitrogens with one attached hydrogen (secondary N) is 1. The number of nitrogens with zero attached hydrogens (tertiary/aromatic N) is 2. The predicted molar refractivity (Wildman–Crippen MR) is 82.8 cm³/mol. The summed E-state index contributed by atoms with van der Waals surface area (Å²) in [6.07, 6.45) is 2.53. The van der Waals surface area contributed by atoms with Crippen molar-refractivity contribution >= 4 is 11.8 Å². The highest BCUT2D eigenvalue weighted by atomic mass is 16.2. The van der Waals surface area contributed by atoms with Gasteiger partial charge in [-0.1, -0.05) is 20.8 Å². The number of hydrogen-bond donors (Lipinski definition) is 1. The maximum absolute atomic E-state index is 12.3. The highest BCUT2D eigenvalue weighted by Crippen LogP contribution is 2.34. The molecule has 1 atom stereocenters. The second kappa shape index (κ2) is 6.77. The third-order valence-electron chi connectivity index (χ3n) is 4.83. The molecule has 0 aromatic carbocycles. The van der Waals surface area contributed by atoms with Gasteiger partial charge in [-0.3, -0.25) is 9.59 Å². The van der Waals surface area contributed by atoms with E-state index in [-0.39, 0.29) is 23.8 Å². The van der Waals surface area contributed by atoms with E-state index < -0.39 is 0 Å². The fourth-order valence-corrected chi connectivity index (χ4v) is 3.25. The summed E-state index contributed by atoms with van der Waals surface area (Å²) in [6.45, 7) is 10.9. The molecule has 0 saturated carbocycles. The Morgan fingerprint density at radius 3 is 2.48 bits per heavy atom. The lowest BCUT2D eigenvalue weighted by molar-refractivity contribution is -0.140. The van der Waals surface area contributed by atoms with Crippen LogP contribution in [0.2, 0.25) is 0 Å². The Balaban J connectivity index is 1.90. The van der Waals surface area contributed by atoms with Crippen molar-refractivity contribution in [2.45, 2.75) is 40.0 Å². The molecule has 5 nitrogen and oxygen atoms in total. The summed E-state index contributed by atoms with van der Waals surface area (Å²) >= 11 is 0. The van der Waals surface area contributed by atoms with Crippen molar-refractivity contribution in [1.82, 2.24) is 15.1 Å². The van der Waals surface area contributed by atoms with Crippen LogP contribution in [0.3, 0.4) is 0 Å². The molecule has 2 fully saturated rings. The Kier molecular flexibility index (Phi) is 5.25. The minimum atomic E-state index is 0.0964. The van der Waals surface area contributed by atoms with Gasteiger partial charge in [0.2, 0.25) is 11.8 Å². The van der Waals surface area contributed by atoms with E-state index in [2.05, 4.69) is 26.1 Å². The van der Waals surface area contributed by atoms with E-state index >= 15 is 0 Å². The molecule has 0 aromatic heterocycles.